The van der Waals surface area contributed by atoms with E-state index in [4.69, 9.17) is 5.73 Å². The molecule has 0 aromatic heterocycles. The van der Waals surface area contributed by atoms with Crippen LogP contribution in [0.25, 0.3) is 0 Å². The van der Waals surface area contributed by atoms with Crippen molar-refractivity contribution in [3.8, 4) is 0 Å². The predicted octanol–water partition coefficient (Wildman–Crippen LogP) is 1.19. The van der Waals surface area contributed by atoms with Crippen molar-refractivity contribution < 1.29 is 8.42 Å². The van der Waals surface area contributed by atoms with Crippen molar-refractivity contribution in [3.05, 3.63) is 0 Å². The molecule has 0 spiro atoms. The Hall–Kier alpha value is -0.0900. The molecule has 0 aromatic rings. The quantitative estimate of drug-likeness (QED) is 0.776. The van der Waals surface area contributed by atoms with Crippen molar-refractivity contribution in [3.63, 3.8) is 0 Å². The molecule has 1 saturated heterocycles. The standard InChI is InChI=1S/C11H21NO2S/c1-9-6-11(7-9,8-12)10-2-4-15(13,14)5-3-10/h9-10H,2-8,12H2,1H3. The van der Waals surface area contributed by atoms with Crippen molar-refractivity contribution >= 4 is 9.84 Å². The molecular formula is C11H21NO2S. The third-order valence-electron chi connectivity index (χ3n) is 4.34. The van der Waals surface area contributed by atoms with Gasteiger partial charge in [0.05, 0.1) is 11.5 Å². The zero-order chi connectivity index (χ0) is 11.1. The van der Waals surface area contributed by atoms with Crippen molar-refractivity contribution in [2.45, 2.75) is 32.6 Å². The minimum Gasteiger partial charge on any atom is -0.330 e. The highest BCUT2D eigenvalue weighted by Crippen LogP contribution is 2.53. The first-order valence-electron chi connectivity index (χ1n) is 5.88. The second-order valence-electron chi connectivity index (χ2n) is 5.51. The van der Waals surface area contributed by atoms with Crippen molar-refractivity contribution in [1.29, 1.82) is 0 Å². The lowest BCUT2D eigenvalue weighted by Crippen LogP contribution is -2.50. The summed E-state index contributed by atoms with van der Waals surface area (Å²) in [5, 5.41) is 0. The lowest BCUT2D eigenvalue weighted by molar-refractivity contribution is 0.00357. The van der Waals surface area contributed by atoms with E-state index in [1.807, 2.05) is 0 Å². The Labute approximate surface area is 92.3 Å². The van der Waals surface area contributed by atoms with Crippen LogP contribution in [0.15, 0.2) is 0 Å². The number of nitrogens with two attached hydrogens (primary N) is 1. The van der Waals surface area contributed by atoms with Gasteiger partial charge >= 0.3 is 0 Å². The zero-order valence-electron chi connectivity index (χ0n) is 9.41. The lowest BCUT2D eigenvalue weighted by Gasteiger charge is -2.52. The van der Waals surface area contributed by atoms with E-state index in [1.54, 1.807) is 0 Å². The molecule has 0 atom stereocenters. The number of hydrogen-bond acceptors (Lipinski definition) is 3. The first kappa shape index (κ1) is 11.4. The van der Waals surface area contributed by atoms with E-state index >= 15 is 0 Å². The number of sulfone groups is 1. The molecule has 1 heterocycles. The minimum atomic E-state index is -2.72. The maximum atomic E-state index is 11.4. The molecule has 1 aliphatic carbocycles. The summed E-state index contributed by atoms with van der Waals surface area (Å²) >= 11 is 0. The molecule has 1 aliphatic heterocycles. The molecule has 3 nitrogen and oxygen atoms in total. The second-order valence-corrected chi connectivity index (χ2v) is 7.81. The van der Waals surface area contributed by atoms with Gasteiger partial charge in [-0.05, 0) is 49.5 Å². The van der Waals surface area contributed by atoms with Gasteiger partial charge in [-0.2, -0.15) is 0 Å². The van der Waals surface area contributed by atoms with Crippen LogP contribution in [0.3, 0.4) is 0 Å². The molecule has 2 rings (SSSR count). The summed E-state index contributed by atoms with van der Waals surface area (Å²) in [6.45, 7) is 3.00. The van der Waals surface area contributed by atoms with Gasteiger partial charge in [0, 0.05) is 0 Å². The normalized spacial score (nSPS) is 41.1. The van der Waals surface area contributed by atoms with Gasteiger partial charge in [-0.1, -0.05) is 6.92 Å². The molecule has 0 bridgehead atoms. The van der Waals surface area contributed by atoms with Crippen LogP contribution in [0.4, 0.5) is 0 Å². The molecule has 2 N–H and O–H groups in total. The van der Waals surface area contributed by atoms with E-state index in [2.05, 4.69) is 6.92 Å². The van der Waals surface area contributed by atoms with Crippen molar-refractivity contribution in [2.75, 3.05) is 18.1 Å². The van der Waals surface area contributed by atoms with E-state index in [1.165, 1.54) is 12.8 Å². The van der Waals surface area contributed by atoms with Crippen LogP contribution in [0, 0.1) is 17.3 Å². The summed E-state index contributed by atoms with van der Waals surface area (Å²) in [6.07, 6.45) is 4.08. The largest absolute Gasteiger partial charge is 0.330 e. The van der Waals surface area contributed by atoms with Crippen LogP contribution in [0.5, 0.6) is 0 Å². The SMILES string of the molecule is CC1CC(CN)(C2CCS(=O)(=O)CC2)C1. The average molecular weight is 231 g/mol. The van der Waals surface area contributed by atoms with E-state index in [-0.39, 0.29) is 5.41 Å². The van der Waals surface area contributed by atoms with Gasteiger partial charge in [0.2, 0.25) is 0 Å². The number of rotatable bonds is 2. The fourth-order valence-electron chi connectivity index (χ4n) is 3.50. The van der Waals surface area contributed by atoms with Gasteiger partial charge < -0.3 is 5.73 Å². The monoisotopic (exact) mass is 231 g/mol. The van der Waals surface area contributed by atoms with Crippen LogP contribution < -0.4 is 5.73 Å². The topological polar surface area (TPSA) is 60.2 Å². The molecule has 2 fully saturated rings. The molecule has 0 aromatic carbocycles. The van der Waals surface area contributed by atoms with Crippen molar-refractivity contribution in [1.82, 2.24) is 0 Å². The Bertz CT molecular complexity index is 316. The summed E-state index contributed by atoms with van der Waals surface area (Å²) in [7, 11) is -2.72. The van der Waals surface area contributed by atoms with Gasteiger partial charge in [-0.15, -0.1) is 0 Å². The van der Waals surface area contributed by atoms with Gasteiger partial charge in [0.1, 0.15) is 9.84 Å². The molecule has 1 saturated carbocycles. The van der Waals surface area contributed by atoms with E-state index < -0.39 is 9.84 Å². The lowest BCUT2D eigenvalue weighted by atomic mass is 9.55. The fraction of sp³-hybridized carbons (Fsp3) is 1.00. The smallest absolute Gasteiger partial charge is 0.150 e. The summed E-state index contributed by atoms with van der Waals surface area (Å²) in [5.74, 6) is 2.11. The van der Waals surface area contributed by atoms with E-state index in [9.17, 15) is 8.42 Å². The third-order valence-corrected chi connectivity index (χ3v) is 6.05. The predicted molar refractivity (Wildman–Crippen MR) is 61.3 cm³/mol. The summed E-state index contributed by atoms with van der Waals surface area (Å²) < 4.78 is 22.7. The highest BCUT2D eigenvalue weighted by Gasteiger charge is 2.47. The van der Waals surface area contributed by atoms with E-state index in [0.29, 0.717) is 17.4 Å². The Balaban J connectivity index is 2.00. The minimum absolute atomic E-state index is 0.287. The zero-order valence-corrected chi connectivity index (χ0v) is 10.2. The number of hydrogen-bond donors (Lipinski definition) is 1. The Morgan fingerprint density at radius 3 is 2.20 bits per heavy atom. The van der Waals surface area contributed by atoms with Gasteiger partial charge in [-0.25, -0.2) is 8.42 Å². The van der Waals surface area contributed by atoms with Crippen LogP contribution >= 0.6 is 0 Å². The Kier molecular flexibility index (Phi) is 2.84. The Morgan fingerprint density at radius 2 is 1.80 bits per heavy atom. The maximum absolute atomic E-state index is 11.4. The molecule has 0 unspecified atom stereocenters. The highest BCUT2D eigenvalue weighted by atomic mass is 32.2. The van der Waals surface area contributed by atoms with Crippen LogP contribution in [-0.4, -0.2) is 26.5 Å². The third kappa shape index (κ3) is 2.07. The molecular weight excluding hydrogens is 210 g/mol. The summed E-state index contributed by atoms with van der Waals surface area (Å²) in [6, 6.07) is 0. The maximum Gasteiger partial charge on any atom is 0.150 e. The summed E-state index contributed by atoms with van der Waals surface area (Å²) in [5.41, 5.74) is 6.17. The van der Waals surface area contributed by atoms with Crippen LogP contribution in [0.2, 0.25) is 0 Å². The molecule has 0 amide bonds. The fourth-order valence-corrected chi connectivity index (χ4v) is 4.99. The molecule has 0 radical (unpaired) electrons. The van der Waals surface area contributed by atoms with Gasteiger partial charge in [0.15, 0.2) is 0 Å². The molecule has 15 heavy (non-hydrogen) atoms. The van der Waals surface area contributed by atoms with Gasteiger partial charge in [-0.3, -0.25) is 0 Å². The van der Waals surface area contributed by atoms with Crippen molar-refractivity contribution in [2.24, 2.45) is 23.0 Å². The summed E-state index contributed by atoms with van der Waals surface area (Å²) in [4.78, 5) is 0. The molecule has 2 aliphatic rings. The first-order valence-corrected chi connectivity index (χ1v) is 7.70. The van der Waals surface area contributed by atoms with E-state index in [0.717, 1.165) is 25.3 Å². The highest BCUT2D eigenvalue weighted by molar-refractivity contribution is 7.91. The van der Waals surface area contributed by atoms with Crippen LogP contribution in [0.1, 0.15) is 32.6 Å². The Morgan fingerprint density at radius 1 is 1.27 bits per heavy atom. The van der Waals surface area contributed by atoms with Gasteiger partial charge in [0.25, 0.3) is 0 Å². The van der Waals surface area contributed by atoms with Crippen LogP contribution in [-0.2, 0) is 9.84 Å². The average Bonchev–Trinajstić information content (AvgIpc) is 2.13. The molecule has 88 valence electrons. The molecule has 4 heteroatoms. The first-order chi connectivity index (χ1) is 6.97. The second kappa shape index (κ2) is 3.74.